The molecule has 0 bridgehead atoms. The van der Waals surface area contributed by atoms with E-state index in [1.54, 1.807) is 7.11 Å². The summed E-state index contributed by atoms with van der Waals surface area (Å²) in [4.78, 5) is 2.26. The van der Waals surface area contributed by atoms with Gasteiger partial charge in [0.15, 0.2) is 5.76 Å². The predicted octanol–water partition coefficient (Wildman–Crippen LogP) is 1.25. The number of rotatable bonds is 9. The number of nitrogens with zero attached hydrogens (tertiary/aromatic N) is 2. The van der Waals surface area contributed by atoms with Crippen molar-refractivity contribution < 1.29 is 9.26 Å². The van der Waals surface area contributed by atoms with E-state index in [1.165, 1.54) is 0 Å². The van der Waals surface area contributed by atoms with Gasteiger partial charge >= 0.3 is 0 Å². The summed E-state index contributed by atoms with van der Waals surface area (Å²) < 4.78 is 10.4. The first kappa shape index (κ1) is 14.2. The van der Waals surface area contributed by atoms with Gasteiger partial charge < -0.3 is 14.6 Å². The molecular formula is C12H23N3O2. The summed E-state index contributed by atoms with van der Waals surface area (Å²) in [7, 11) is 1.72. The second kappa shape index (κ2) is 8.22. The molecule has 0 aliphatic carbocycles. The van der Waals surface area contributed by atoms with E-state index in [4.69, 9.17) is 9.26 Å². The Bertz CT molecular complexity index is 302. The molecule has 17 heavy (non-hydrogen) atoms. The van der Waals surface area contributed by atoms with Gasteiger partial charge in [0.1, 0.15) is 0 Å². The second-order valence-corrected chi connectivity index (χ2v) is 3.93. The third-order valence-corrected chi connectivity index (χ3v) is 2.60. The van der Waals surface area contributed by atoms with E-state index in [0.29, 0.717) is 0 Å². The molecule has 0 fully saturated rings. The minimum atomic E-state index is 0.742. The SMILES string of the molecule is CCNCc1cc(CN(CC)CCOC)on1. The molecule has 0 saturated heterocycles. The van der Waals surface area contributed by atoms with Crippen molar-refractivity contribution in [2.75, 3.05) is 33.4 Å². The molecule has 0 spiro atoms. The van der Waals surface area contributed by atoms with Crippen LogP contribution < -0.4 is 5.32 Å². The van der Waals surface area contributed by atoms with Gasteiger partial charge in [0.25, 0.3) is 0 Å². The average molecular weight is 241 g/mol. The summed E-state index contributed by atoms with van der Waals surface area (Å²) in [5, 5.41) is 7.25. The Labute approximate surface area is 103 Å². The zero-order valence-corrected chi connectivity index (χ0v) is 11.0. The fourth-order valence-corrected chi connectivity index (χ4v) is 1.56. The highest BCUT2D eigenvalue weighted by Gasteiger charge is 2.08. The lowest BCUT2D eigenvalue weighted by Crippen LogP contribution is -2.26. The Balaban J connectivity index is 2.40. The maximum Gasteiger partial charge on any atom is 0.151 e. The smallest absolute Gasteiger partial charge is 0.151 e. The van der Waals surface area contributed by atoms with Gasteiger partial charge in [-0.05, 0) is 13.1 Å². The lowest BCUT2D eigenvalue weighted by atomic mass is 10.3. The normalized spacial score (nSPS) is 11.3. The van der Waals surface area contributed by atoms with Crippen molar-refractivity contribution in [2.24, 2.45) is 0 Å². The molecule has 0 aromatic carbocycles. The van der Waals surface area contributed by atoms with Gasteiger partial charge in [-0.1, -0.05) is 19.0 Å². The molecule has 0 radical (unpaired) electrons. The largest absolute Gasteiger partial charge is 0.383 e. The molecule has 1 aromatic heterocycles. The first-order valence-corrected chi connectivity index (χ1v) is 6.16. The number of ether oxygens (including phenoxy) is 1. The van der Waals surface area contributed by atoms with Crippen molar-refractivity contribution >= 4 is 0 Å². The van der Waals surface area contributed by atoms with Gasteiger partial charge in [0, 0.05) is 26.3 Å². The van der Waals surface area contributed by atoms with E-state index in [-0.39, 0.29) is 0 Å². The summed E-state index contributed by atoms with van der Waals surface area (Å²) in [5.41, 5.74) is 0.963. The van der Waals surface area contributed by atoms with Crippen LogP contribution >= 0.6 is 0 Å². The fraction of sp³-hybridized carbons (Fsp3) is 0.750. The fourth-order valence-electron chi connectivity index (χ4n) is 1.56. The van der Waals surface area contributed by atoms with Crippen LogP contribution in [-0.4, -0.2) is 43.4 Å². The molecule has 0 amide bonds. The van der Waals surface area contributed by atoms with Gasteiger partial charge in [-0.25, -0.2) is 0 Å². The monoisotopic (exact) mass is 241 g/mol. The van der Waals surface area contributed by atoms with Crippen molar-refractivity contribution in [2.45, 2.75) is 26.9 Å². The summed E-state index contributed by atoms with van der Waals surface area (Å²) >= 11 is 0. The van der Waals surface area contributed by atoms with Gasteiger partial charge in [-0.2, -0.15) is 0 Å². The minimum absolute atomic E-state index is 0.742. The summed E-state index contributed by atoms with van der Waals surface area (Å²) in [6.07, 6.45) is 0. The van der Waals surface area contributed by atoms with Crippen LogP contribution in [0.25, 0.3) is 0 Å². The van der Waals surface area contributed by atoms with E-state index in [9.17, 15) is 0 Å². The number of hydrogen-bond donors (Lipinski definition) is 1. The molecule has 0 saturated carbocycles. The summed E-state index contributed by atoms with van der Waals surface area (Å²) in [6, 6.07) is 2.01. The van der Waals surface area contributed by atoms with E-state index in [0.717, 1.165) is 50.8 Å². The number of likely N-dealkylation sites (N-methyl/N-ethyl adjacent to an activating group) is 1. The molecule has 0 aliphatic heterocycles. The standard InChI is InChI=1S/C12H23N3O2/c1-4-13-9-11-8-12(17-14-11)10-15(5-2)6-7-16-3/h8,13H,4-7,9-10H2,1-3H3. The van der Waals surface area contributed by atoms with Gasteiger partial charge in [0.2, 0.25) is 0 Å². The number of nitrogens with one attached hydrogen (secondary N) is 1. The minimum Gasteiger partial charge on any atom is -0.383 e. The molecule has 1 N–H and O–H groups in total. The highest BCUT2D eigenvalue weighted by atomic mass is 16.5. The molecule has 1 aromatic rings. The molecule has 5 nitrogen and oxygen atoms in total. The molecule has 98 valence electrons. The van der Waals surface area contributed by atoms with Crippen LogP contribution in [0.15, 0.2) is 10.6 Å². The van der Waals surface area contributed by atoms with Crippen LogP contribution in [0.3, 0.4) is 0 Å². The molecular weight excluding hydrogens is 218 g/mol. The van der Waals surface area contributed by atoms with E-state index in [1.807, 2.05) is 6.07 Å². The van der Waals surface area contributed by atoms with Crippen molar-refractivity contribution in [1.82, 2.24) is 15.4 Å². The first-order chi connectivity index (χ1) is 8.30. The Morgan fingerprint density at radius 2 is 2.29 bits per heavy atom. The third kappa shape index (κ3) is 5.30. The van der Waals surface area contributed by atoms with Crippen LogP contribution in [0, 0.1) is 0 Å². The molecule has 5 heteroatoms. The number of aromatic nitrogens is 1. The van der Waals surface area contributed by atoms with Crippen LogP contribution in [0.5, 0.6) is 0 Å². The van der Waals surface area contributed by atoms with Crippen LogP contribution in [0.1, 0.15) is 25.3 Å². The Hall–Kier alpha value is -0.910. The molecule has 1 rings (SSSR count). The van der Waals surface area contributed by atoms with Crippen LogP contribution in [0.2, 0.25) is 0 Å². The third-order valence-electron chi connectivity index (χ3n) is 2.60. The van der Waals surface area contributed by atoms with Crippen molar-refractivity contribution in [3.8, 4) is 0 Å². The molecule has 0 atom stereocenters. The Morgan fingerprint density at radius 1 is 1.47 bits per heavy atom. The molecule has 1 heterocycles. The highest BCUT2D eigenvalue weighted by Crippen LogP contribution is 2.07. The maximum atomic E-state index is 5.30. The van der Waals surface area contributed by atoms with E-state index >= 15 is 0 Å². The van der Waals surface area contributed by atoms with Gasteiger partial charge in [-0.15, -0.1) is 0 Å². The topological polar surface area (TPSA) is 50.5 Å². The summed E-state index contributed by atoms with van der Waals surface area (Å²) in [5.74, 6) is 0.913. The first-order valence-electron chi connectivity index (χ1n) is 6.16. The average Bonchev–Trinajstić information content (AvgIpc) is 2.79. The van der Waals surface area contributed by atoms with Crippen LogP contribution in [0.4, 0.5) is 0 Å². The van der Waals surface area contributed by atoms with Crippen molar-refractivity contribution in [3.63, 3.8) is 0 Å². The number of methoxy groups -OCH3 is 1. The number of hydrogen-bond acceptors (Lipinski definition) is 5. The lowest BCUT2D eigenvalue weighted by Gasteiger charge is -2.17. The Morgan fingerprint density at radius 3 is 2.94 bits per heavy atom. The zero-order chi connectivity index (χ0) is 12.5. The summed E-state index contributed by atoms with van der Waals surface area (Å²) in [6.45, 7) is 9.34. The Kier molecular flexibility index (Phi) is 6.84. The van der Waals surface area contributed by atoms with Gasteiger partial charge in [-0.3, -0.25) is 4.90 Å². The van der Waals surface area contributed by atoms with Crippen molar-refractivity contribution in [3.05, 3.63) is 17.5 Å². The highest BCUT2D eigenvalue weighted by molar-refractivity contribution is 5.05. The quantitative estimate of drug-likeness (QED) is 0.705. The van der Waals surface area contributed by atoms with E-state index in [2.05, 4.69) is 29.2 Å². The molecule has 0 unspecified atom stereocenters. The van der Waals surface area contributed by atoms with Crippen LogP contribution in [-0.2, 0) is 17.8 Å². The molecule has 0 aliphatic rings. The zero-order valence-electron chi connectivity index (χ0n) is 11.0. The van der Waals surface area contributed by atoms with E-state index < -0.39 is 0 Å². The lowest BCUT2D eigenvalue weighted by molar-refractivity contribution is 0.141. The van der Waals surface area contributed by atoms with Gasteiger partial charge in [0.05, 0.1) is 18.8 Å². The van der Waals surface area contributed by atoms with Crippen molar-refractivity contribution in [1.29, 1.82) is 0 Å². The maximum absolute atomic E-state index is 5.30. The second-order valence-electron chi connectivity index (χ2n) is 3.93. The predicted molar refractivity (Wildman–Crippen MR) is 66.7 cm³/mol.